The molecule has 3 unspecified atom stereocenters. The molecule has 0 aliphatic heterocycles. The van der Waals surface area contributed by atoms with E-state index in [9.17, 15) is 5.11 Å². The molecule has 0 aliphatic rings. The van der Waals surface area contributed by atoms with E-state index in [4.69, 9.17) is 13.6 Å². The van der Waals surface area contributed by atoms with E-state index in [0.29, 0.717) is 12.0 Å². The standard InChI is InChI=1S/C13H32O4Si2/c1-7-12(2)8-9-19(16-3,11-13(15)10-14)17-18(4,5)6/h12-15H,7-11H2,1-6H3. The topological polar surface area (TPSA) is 58.9 Å². The Morgan fingerprint density at radius 2 is 1.79 bits per heavy atom. The first-order valence-corrected chi connectivity index (χ1v) is 12.9. The van der Waals surface area contributed by atoms with Gasteiger partial charge in [-0.15, -0.1) is 0 Å². The van der Waals surface area contributed by atoms with Crippen LogP contribution >= 0.6 is 0 Å². The van der Waals surface area contributed by atoms with Crippen LogP contribution in [0, 0.1) is 5.92 Å². The summed E-state index contributed by atoms with van der Waals surface area (Å²) in [6, 6.07) is 1.35. The predicted octanol–water partition coefficient (Wildman–Crippen LogP) is 2.72. The number of hydrogen-bond acceptors (Lipinski definition) is 4. The van der Waals surface area contributed by atoms with Gasteiger partial charge in [0.2, 0.25) is 0 Å². The Morgan fingerprint density at radius 3 is 2.16 bits per heavy atom. The Bertz CT molecular complexity index is 245. The molecule has 0 saturated carbocycles. The average Bonchev–Trinajstić information content (AvgIpc) is 2.33. The van der Waals surface area contributed by atoms with Crippen molar-refractivity contribution in [1.82, 2.24) is 0 Å². The van der Waals surface area contributed by atoms with Gasteiger partial charge in [-0.3, -0.25) is 0 Å². The first kappa shape index (κ1) is 19.3. The zero-order valence-electron chi connectivity index (χ0n) is 13.4. The molecule has 0 radical (unpaired) electrons. The van der Waals surface area contributed by atoms with Gasteiger partial charge in [-0.2, -0.15) is 0 Å². The van der Waals surface area contributed by atoms with E-state index in [1.807, 2.05) is 0 Å². The second-order valence-corrected chi connectivity index (χ2v) is 14.6. The Labute approximate surface area is 120 Å². The summed E-state index contributed by atoms with van der Waals surface area (Å²) in [5.74, 6) is 0.638. The smallest absolute Gasteiger partial charge is 0.330 e. The van der Waals surface area contributed by atoms with Crippen molar-refractivity contribution in [3.8, 4) is 0 Å². The van der Waals surface area contributed by atoms with Gasteiger partial charge in [-0.25, -0.2) is 0 Å². The minimum atomic E-state index is -2.42. The number of rotatable bonds is 10. The third-order valence-corrected chi connectivity index (χ3v) is 10.2. The normalized spacial score (nSPS) is 18.9. The van der Waals surface area contributed by atoms with Gasteiger partial charge in [-0.1, -0.05) is 20.3 Å². The highest BCUT2D eigenvalue weighted by molar-refractivity contribution is 6.82. The van der Waals surface area contributed by atoms with Gasteiger partial charge >= 0.3 is 8.56 Å². The highest BCUT2D eigenvalue weighted by atomic mass is 28.4. The zero-order chi connectivity index (χ0) is 15.1. The molecule has 3 atom stereocenters. The zero-order valence-corrected chi connectivity index (χ0v) is 15.4. The van der Waals surface area contributed by atoms with Crippen LogP contribution in [0.25, 0.3) is 0 Å². The van der Waals surface area contributed by atoms with Gasteiger partial charge in [0.15, 0.2) is 8.32 Å². The molecule has 0 bridgehead atoms. The lowest BCUT2D eigenvalue weighted by atomic mass is 10.1. The van der Waals surface area contributed by atoms with Crippen LogP contribution in [-0.2, 0) is 8.54 Å². The third-order valence-electron chi connectivity index (χ3n) is 3.34. The molecule has 0 amide bonds. The lowest BCUT2D eigenvalue weighted by Crippen LogP contribution is -2.51. The van der Waals surface area contributed by atoms with E-state index >= 15 is 0 Å². The Kier molecular flexibility index (Phi) is 8.66. The number of aliphatic hydroxyl groups excluding tert-OH is 2. The molecule has 0 spiro atoms. The van der Waals surface area contributed by atoms with Gasteiger partial charge in [0, 0.05) is 13.2 Å². The fourth-order valence-corrected chi connectivity index (χ4v) is 9.97. The Balaban J connectivity index is 4.84. The summed E-state index contributed by atoms with van der Waals surface area (Å²) < 4.78 is 12.1. The molecule has 0 saturated heterocycles. The molecule has 6 heteroatoms. The first-order chi connectivity index (χ1) is 8.68. The highest BCUT2D eigenvalue weighted by Gasteiger charge is 2.42. The molecule has 0 aromatic heterocycles. The van der Waals surface area contributed by atoms with Crippen LogP contribution in [0.15, 0.2) is 0 Å². The fourth-order valence-electron chi connectivity index (χ4n) is 2.07. The van der Waals surface area contributed by atoms with Gasteiger partial charge < -0.3 is 18.8 Å². The molecule has 2 N–H and O–H groups in total. The van der Waals surface area contributed by atoms with Crippen molar-refractivity contribution in [1.29, 1.82) is 0 Å². The largest absolute Gasteiger partial charge is 0.436 e. The minimum absolute atomic E-state index is 0.226. The SMILES string of the molecule is CCC(C)CC[Si](CC(O)CO)(OC)O[Si](C)(C)C. The van der Waals surface area contributed by atoms with E-state index in [1.165, 1.54) is 0 Å². The van der Waals surface area contributed by atoms with Crippen LogP contribution in [0.5, 0.6) is 0 Å². The van der Waals surface area contributed by atoms with Crippen LogP contribution in [0.4, 0.5) is 0 Å². The summed E-state index contributed by atoms with van der Waals surface area (Å²) in [5, 5.41) is 18.9. The highest BCUT2D eigenvalue weighted by Crippen LogP contribution is 2.28. The van der Waals surface area contributed by atoms with Crippen molar-refractivity contribution in [2.45, 2.75) is 64.5 Å². The van der Waals surface area contributed by atoms with Crippen LogP contribution < -0.4 is 0 Å². The summed E-state index contributed by atoms with van der Waals surface area (Å²) in [7, 11) is -2.46. The van der Waals surface area contributed by atoms with E-state index in [-0.39, 0.29) is 6.61 Å². The summed E-state index contributed by atoms with van der Waals surface area (Å²) in [5.41, 5.74) is 0. The molecule has 0 rings (SSSR count). The molecule has 0 heterocycles. The monoisotopic (exact) mass is 308 g/mol. The fraction of sp³-hybridized carbons (Fsp3) is 1.00. The molecule has 4 nitrogen and oxygen atoms in total. The molecule has 116 valence electrons. The van der Waals surface area contributed by atoms with E-state index in [2.05, 4.69) is 33.5 Å². The van der Waals surface area contributed by atoms with E-state index in [1.54, 1.807) is 7.11 Å². The van der Waals surface area contributed by atoms with Crippen molar-refractivity contribution in [3.05, 3.63) is 0 Å². The molecule has 19 heavy (non-hydrogen) atoms. The maximum Gasteiger partial charge on any atom is 0.330 e. The molecular formula is C13H32O4Si2. The second-order valence-electron chi connectivity index (χ2n) is 6.42. The minimum Gasteiger partial charge on any atom is -0.436 e. The molecule has 0 aliphatic carbocycles. The van der Waals surface area contributed by atoms with Gasteiger partial charge in [-0.05, 0) is 38.0 Å². The van der Waals surface area contributed by atoms with Crippen molar-refractivity contribution in [2.75, 3.05) is 13.7 Å². The first-order valence-electron chi connectivity index (χ1n) is 7.22. The van der Waals surface area contributed by atoms with E-state index in [0.717, 1.165) is 18.9 Å². The lowest BCUT2D eigenvalue weighted by molar-refractivity contribution is 0.0997. The second kappa shape index (κ2) is 8.54. The molecule has 0 aromatic rings. The summed E-state index contributed by atoms with van der Waals surface area (Å²) >= 11 is 0. The third kappa shape index (κ3) is 8.21. The maximum absolute atomic E-state index is 9.78. The number of aliphatic hydroxyl groups is 2. The van der Waals surface area contributed by atoms with Gasteiger partial charge in [0.05, 0.1) is 12.7 Å². The summed E-state index contributed by atoms with van der Waals surface area (Å²) in [6.45, 7) is 10.6. The van der Waals surface area contributed by atoms with Crippen molar-refractivity contribution in [3.63, 3.8) is 0 Å². The Hall–Kier alpha value is 0.274. The maximum atomic E-state index is 9.78. The molecule has 0 fully saturated rings. The van der Waals surface area contributed by atoms with Crippen molar-refractivity contribution >= 4 is 16.9 Å². The molecule has 0 aromatic carbocycles. The van der Waals surface area contributed by atoms with Crippen molar-refractivity contribution in [2.24, 2.45) is 5.92 Å². The number of hydrogen-bond donors (Lipinski definition) is 2. The summed E-state index contributed by atoms with van der Waals surface area (Å²) in [4.78, 5) is 0. The van der Waals surface area contributed by atoms with Crippen molar-refractivity contribution < 1.29 is 18.8 Å². The van der Waals surface area contributed by atoms with Crippen LogP contribution in [-0.4, -0.2) is 46.9 Å². The van der Waals surface area contributed by atoms with Gasteiger partial charge in [0.1, 0.15) is 0 Å². The average molecular weight is 309 g/mol. The Morgan fingerprint density at radius 1 is 1.21 bits per heavy atom. The lowest BCUT2D eigenvalue weighted by Gasteiger charge is -2.37. The molecular weight excluding hydrogens is 276 g/mol. The quantitative estimate of drug-likeness (QED) is 0.609. The van der Waals surface area contributed by atoms with Crippen LogP contribution in [0.2, 0.25) is 31.7 Å². The van der Waals surface area contributed by atoms with Crippen LogP contribution in [0.1, 0.15) is 26.7 Å². The predicted molar refractivity (Wildman–Crippen MR) is 84.0 cm³/mol. The van der Waals surface area contributed by atoms with Crippen LogP contribution in [0.3, 0.4) is 0 Å². The summed E-state index contributed by atoms with van der Waals surface area (Å²) in [6.07, 6.45) is 1.46. The van der Waals surface area contributed by atoms with E-state index < -0.39 is 23.0 Å². The van der Waals surface area contributed by atoms with Gasteiger partial charge in [0.25, 0.3) is 0 Å².